The number of hydrogen-bond acceptors (Lipinski definition) is 3. The molecule has 0 bridgehead atoms. The van der Waals surface area contributed by atoms with Crippen molar-refractivity contribution in [1.82, 2.24) is 4.90 Å². The Balaban J connectivity index is 0. The Morgan fingerprint density at radius 2 is 1.65 bits per heavy atom. The standard InChI is InChI=1S/C5H10N2O.C5H11NO2.ClH/c6-5(8)7-3-1-2-4-7;1-3(2)4(6)5(7)8;/h1-4H2,(H2,6,8);3-4H,6H2,1-2H3,(H,7,8);1H/t;4-;/m.0./s1. The molecule has 0 aromatic rings. The summed E-state index contributed by atoms with van der Waals surface area (Å²) in [5.74, 6) is -0.910. The van der Waals surface area contributed by atoms with Crippen molar-refractivity contribution >= 4 is 24.4 Å². The molecule has 1 saturated heterocycles. The summed E-state index contributed by atoms with van der Waals surface area (Å²) in [6.45, 7) is 5.27. The summed E-state index contributed by atoms with van der Waals surface area (Å²) in [6, 6.07) is -0.988. The monoisotopic (exact) mass is 267 g/mol. The van der Waals surface area contributed by atoms with Gasteiger partial charge >= 0.3 is 12.0 Å². The van der Waals surface area contributed by atoms with Gasteiger partial charge in [-0.1, -0.05) is 13.8 Å². The van der Waals surface area contributed by atoms with Crippen molar-refractivity contribution in [1.29, 1.82) is 0 Å². The van der Waals surface area contributed by atoms with Crippen molar-refractivity contribution < 1.29 is 14.7 Å². The van der Waals surface area contributed by atoms with Crippen LogP contribution in [0.2, 0.25) is 0 Å². The van der Waals surface area contributed by atoms with Gasteiger partial charge in [0.05, 0.1) is 0 Å². The number of primary amides is 1. The molecule has 1 aliphatic rings. The van der Waals surface area contributed by atoms with E-state index in [2.05, 4.69) is 0 Å². The first-order valence-electron chi connectivity index (χ1n) is 5.39. The minimum Gasteiger partial charge on any atom is -0.480 e. The molecule has 0 aromatic carbocycles. The van der Waals surface area contributed by atoms with Crippen LogP contribution < -0.4 is 11.5 Å². The second-order valence-corrected chi connectivity index (χ2v) is 4.14. The quantitative estimate of drug-likeness (QED) is 0.682. The van der Waals surface area contributed by atoms with Crippen LogP contribution in [0.5, 0.6) is 0 Å². The van der Waals surface area contributed by atoms with Crippen molar-refractivity contribution in [3.63, 3.8) is 0 Å². The second kappa shape index (κ2) is 9.07. The minimum atomic E-state index is -0.931. The lowest BCUT2D eigenvalue weighted by atomic mass is 10.1. The first-order valence-corrected chi connectivity index (χ1v) is 5.39. The Hall–Kier alpha value is -1.01. The van der Waals surface area contributed by atoms with Gasteiger partial charge in [-0.3, -0.25) is 4.79 Å². The zero-order valence-electron chi connectivity index (χ0n) is 10.3. The summed E-state index contributed by atoms with van der Waals surface area (Å²) in [6.07, 6.45) is 2.23. The molecule has 17 heavy (non-hydrogen) atoms. The molecule has 1 atom stereocenters. The predicted octanol–water partition coefficient (Wildman–Crippen LogP) is 0.637. The van der Waals surface area contributed by atoms with Crippen molar-refractivity contribution in [2.24, 2.45) is 17.4 Å². The lowest BCUT2D eigenvalue weighted by Crippen LogP contribution is -2.34. The molecule has 1 heterocycles. The number of aliphatic carboxylic acids is 1. The number of rotatable bonds is 2. The van der Waals surface area contributed by atoms with E-state index >= 15 is 0 Å². The zero-order valence-corrected chi connectivity index (χ0v) is 11.1. The first-order chi connectivity index (χ1) is 7.36. The fourth-order valence-electron chi connectivity index (χ4n) is 1.22. The largest absolute Gasteiger partial charge is 0.480 e. The highest BCUT2D eigenvalue weighted by Crippen LogP contribution is 2.05. The SMILES string of the molecule is CC(C)[C@H](N)C(=O)O.Cl.NC(=O)N1CCCC1. The molecular weight excluding hydrogens is 246 g/mol. The van der Waals surface area contributed by atoms with Gasteiger partial charge in [0.2, 0.25) is 0 Å². The summed E-state index contributed by atoms with van der Waals surface area (Å²) in [4.78, 5) is 22.0. The van der Waals surface area contributed by atoms with Crippen LogP contribution in [-0.4, -0.2) is 41.1 Å². The molecule has 1 aliphatic heterocycles. The highest BCUT2D eigenvalue weighted by Gasteiger charge is 2.14. The number of carbonyl (C=O) groups excluding carboxylic acids is 1. The Bertz CT molecular complexity index is 231. The van der Waals surface area contributed by atoms with E-state index in [1.807, 2.05) is 0 Å². The fraction of sp³-hybridized carbons (Fsp3) is 0.800. The van der Waals surface area contributed by atoms with Crippen LogP contribution in [0.3, 0.4) is 0 Å². The molecule has 5 N–H and O–H groups in total. The molecular formula is C10H22ClN3O3. The minimum absolute atomic E-state index is 0. The van der Waals surface area contributed by atoms with Crippen LogP contribution in [-0.2, 0) is 4.79 Å². The summed E-state index contributed by atoms with van der Waals surface area (Å²) in [5.41, 5.74) is 10.1. The van der Waals surface area contributed by atoms with E-state index in [9.17, 15) is 9.59 Å². The van der Waals surface area contributed by atoms with Gasteiger partial charge in [0.1, 0.15) is 6.04 Å². The number of halogens is 1. The molecule has 0 aromatic heterocycles. The Morgan fingerprint density at radius 3 is 1.76 bits per heavy atom. The Morgan fingerprint density at radius 1 is 1.24 bits per heavy atom. The maximum atomic E-state index is 10.3. The number of carboxylic acids is 1. The Labute approximate surface area is 108 Å². The number of carbonyl (C=O) groups is 2. The Kier molecular flexibility index (Phi) is 9.79. The fourth-order valence-corrected chi connectivity index (χ4v) is 1.22. The van der Waals surface area contributed by atoms with E-state index in [0.717, 1.165) is 25.9 Å². The van der Waals surface area contributed by atoms with Crippen molar-refractivity contribution in [2.45, 2.75) is 32.7 Å². The maximum absolute atomic E-state index is 10.3. The number of nitrogens with zero attached hydrogens (tertiary/aromatic N) is 1. The third-order valence-electron chi connectivity index (χ3n) is 2.42. The van der Waals surface area contributed by atoms with Crippen LogP contribution >= 0.6 is 12.4 Å². The molecule has 102 valence electrons. The van der Waals surface area contributed by atoms with Crippen LogP contribution in [0, 0.1) is 5.92 Å². The number of nitrogens with two attached hydrogens (primary N) is 2. The topological polar surface area (TPSA) is 110 Å². The van der Waals surface area contributed by atoms with E-state index in [1.165, 1.54) is 0 Å². The molecule has 2 amide bonds. The average molecular weight is 268 g/mol. The maximum Gasteiger partial charge on any atom is 0.320 e. The van der Waals surface area contributed by atoms with E-state index in [0.29, 0.717) is 0 Å². The van der Waals surface area contributed by atoms with Gasteiger partial charge in [-0.05, 0) is 18.8 Å². The lowest BCUT2D eigenvalue weighted by molar-refractivity contribution is -0.139. The highest BCUT2D eigenvalue weighted by atomic mass is 35.5. The summed E-state index contributed by atoms with van der Waals surface area (Å²) >= 11 is 0. The molecule has 6 nitrogen and oxygen atoms in total. The van der Waals surface area contributed by atoms with Gasteiger partial charge in [0.15, 0.2) is 0 Å². The molecule has 7 heteroatoms. The van der Waals surface area contributed by atoms with Crippen LogP contribution in [0.4, 0.5) is 4.79 Å². The molecule has 1 fully saturated rings. The summed E-state index contributed by atoms with van der Waals surface area (Å²) in [7, 11) is 0. The van der Waals surface area contributed by atoms with E-state index in [1.54, 1.807) is 18.7 Å². The second-order valence-electron chi connectivity index (χ2n) is 4.14. The van der Waals surface area contributed by atoms with Crippen molar-refractivity contribution in [3.8, 4) is 0 Å². The third-order valence-corrected chi connectivity index (χ3v) is 2.42. The molecule has 0 unspecified atom stereocenters. The number of hydrogen-bond donors (Lipinski definition) is 3. The molecule has 0 radical (unpaired) electrons. The highest BCUT2D eigenvalue weighted by molar-refractivity contribution is 5.85. The number of likely N-dealkylation sites (tertiary alicyclic amines) is 1. The smallest absolute Gasteiger partial charge is 0.320 e. The summed E-state index contributed by atoms with van der Waals surface area (Å²) in [5, 5.41) is 8.23. The first kappa shape index (κ1) is 18.4. The van der Waals surface area contributed by atoms with E-state index < -0.39 is 12.0 Å². The van der Waals surface area contributed by atoms with Crippen LogP contribution in [0.25, 0.3) is 0 Å². The van der Waals surface area contributed by atoms with Gasteiger partial charge < -0.3 is 21.5 Å². The van der Waals surface area contributed by atoms with Gasteiger partial charge in [-0.15, -0.1) is 12.4 Å². The summed E-state index contributed by atoms with van der Waals surface area (Å²) < 4.78 is 0. The van der Waals surface area contributed by atoms with Crippen LogP contribution in [0.15, 0.2) is 0 Å². The number of amides is 2. The average Bonchev–Trinajstić information content (AvgIpc) is 2.70. The van der Waals surface area contributed by atoms with Gasteiger partial charge in [-0.25, -0.2) is 4.79 Å². The van der Waals surface area contributed by atoms with Crippen molar-refractivity contribution in [3.05, 3.63) is 0 Å². The van der Waals surface area contributed by atoms with Gasteiger partial charge in [0.25, 0.3) is 0 Å². The normalized spacial score (nSPS) is 15.6. The molecule has 0 aliphatic carbocycles. The zero-order chi connectivity index (χ0) is 12.7. The van der Waals surface area contributed by atoms with E-state index in [-0.39, 0.29) is 24.4 Å². The third kappa shape index (κ3) is 7.82. The lowest BCUT2D eigenvalue weighted by Gasteiger charge is -2.09. The molecule has 1 rings (SSSR count). The number of urea groups is 1. The number of carboxylic acid groups (broad SMARTS) is 1. The van der Waals surface area contributed by atoms with Gasteiger partial charge in [0, 0.05) is 13.1 Å². The van der Waals surface area contributed by atoms with Gasteiger partial charge in [-0.2, -0.15) is 0 Å². The molecule has 0 spiro atoms. The van der Waals surface area contributed by atoms with E-state index in [4.69, 9.17) is 16.6 Å². The molecule has 0 saturated carbocycles. The predicted molar refractivity (Wildman–Crippen MR) is 68.1 cm³/mol. The van der Waals surface area contributed by atoms with Crippen molar-refractivity contribution in [2.75, 3.05) is 13.1 Å². The van der Waals surface area contributed by atoms with Crippen LogP contribution in [0.1, 0.15) is 26.7 Å².